The second-order valence-corrected chi connectivity index (χ2v) is 18.4. The molecular formula is C43H57BClN5O13. The summed E-state index contributed by atoms with van der Waals surface area (Å²) in [4.78, 5) is 84.8. The summed E-state index contributed by atoms with van der Waals surface area (Å²) in [5.41, 5.74) is -1.25. The number of piperazine rings is 1. The van der Waals surface area contributed by atoms with Gasteiger partial charge < -0.3 is 53.4 Å². The lowest BCUT2D eigenvalue weighted by Gasteiger charge is -2.64. The quantitative estimate of drug-likeness (QED) is 0.155. The molecule has 0 spiro atoms. The predicted octanol–water partition coefficient (Wildman–Crippen LogP) is 4.26. The molecule has 5 aliphatic rings. The molecule has 2 aromatic carbocycles. The van der Waals surface area contributed by atoms with Crippen molar-refractivity contribution in [2.75, 3.05) is 61.2 Å². The van der Waals surface area contributed by atoms with Crippen LogP contribution in [0.15, 0.2) is 36.4 Å². The van der Waals surface area contributed by atoms with Crippen LogP contribution in [0.25, 0.3) is 0 Å². The van der Waals surface area contributed by atoms with Gasteiger partial charge in [-0.15, -0.1) is 0 Å². The maximum Gasteiger partial charge on any atom is 0.485 e. The molecule has 6 atom stereocenters. The van der Waals surface area contributed by atoms with E-state index in [1.54, 1.807) is 45.0 Å². The summed E-state index contributed by atoms with van der Waals surface area (Å²) >= 11 is 6.86. The molecule has 2 heterocycles. The van der Waals surface area contributed by atoms with E-state index in [0.29, 0.717) is 10.8 Å². The molecule has 342 valence electrons. The number of carbonyl (C=O) groups is 6. The molecule has 0 aromatic heterocycles. The largest absolute Gasteiger partial charge is 0.496 e. The van der Waals surface area contributed by atoms with Gasteiger partial charge in [0.2, 0.25) is 5.91 Å². The number of benzene rings is 2. The lowest BCUT2D eigenvalue weighted by Crippen LogP contribution is -2.65. The lowest BCUT2D eigenvalue weighted by atomic mass is 9.43. The number of nitrogens with zero attached hydrogens (tertiary/aromatic N) is 3. The van der Waals surface area contributed by atoms with Crippen molar-refractivity contribution in [3.63, 3.8) is 0 Å². The van der Waals surface area contributed by atoms with E-state index in [4.69, 9.17) is 44.6 Å². The molecule has 2 N–H and O–H groups in total. The first kappa shape index (κ1) is 47.2. The number of hydrogen-bond donors (Lipinski definition) is 2. The maximum absolute atomic E-state index is 14.8. The number of imide groups is 1. The van der Waals surface area contributed by atoms with E-state index >= 15 is 0 Å². The Kier molecular flexibility index (Phi) is 13.8. The van der Waals surface area contributed by atoms with Crippen LogP contribution in [0, 0.1) is 17.3 Å². The molecule has 2 saturated heterocycles. The predicted molar refractivity (Wildman–Crippen MR) is 228 cm³/mol. The van der Waals surface area contributed by atoms with Crippen LogP contribution in [0.2, 0.25) is 5.02 Å². The first-order chi connectivity index (χ1) is 29.6. The highest BCUT2D eigenvalue weighted by atomic mass is 35.5. The molecule has 1 unspecified atom stereocenters. The van der Waals surface area contributed by atoms with Crippen molar-refractivity contribution >= 4 is 54.5 Å². The molecule has 2 aromatic rings. The average Bonchev–Trinajstić information content (AvgIpc) is 3.60. The van der Waals surface area contributed by atoms with Gasteiger partial charge in [-0.1, -0.05) is 43.6 Å². The monoisotopic (exact) mass is 897 g/mol. The van der Waals surface area contributed by atoms with Crippen molar-refractivity contribution < 1.29 is 61.8 Å². The number of nitrogens with one attached hydrogen (secondary N) is 2. The zero-order valence-corrected chi connectivity index (χ0v) is 38.2. The number of carbonyl (C=O) groups excluding carboxylic acids is 6. The lowest BCUT2D eigenvalue weighted by molar-refractivity contribution is -0.199. The Hall–Kier alpha value is -5.27. The van der Waals surface area contributed by atoms with Crippen LogP contribution in [0.4, 0.5) is 9.59 Å². The van der Waals surface area contributed by atoms with E-state index in [-0.39, 0.29) is 77.0 Å². The van der Waals surface area contributed by atoms with Crippen molar-refractivity contribution in [3.05, 3.63) is 52.5 Å². The van der Waals surface area contributed by atoms with Crippen LogP contribution in [0.5, 0.6) is 17.2 Å². The summed E-state index contributed by atoms with van der Waals surface area (Å²) in [6.45, 7) is 10.9. The second kappa shape index (κ2) is 18.5. The number of rotatable bonds is 14. The molecule has 2 bridgehead atoms. The average molecular weight is 898 g/mol. The second-order valence-electron chi connectivity index (χ2n) is 18.0. The molecule has 5 fully saturated rings. The van der Waals surface area contributed by atoms with Gasteiger partial charge in [0, 0.05) is 38.8 Å². The summed E-state index contributed by atoms with van der Waals surface area (Å²) in [6.07, 6.45) is 0.784. The van der Waals surface area contributed by atoms with E-state index < -0.39 is 72.7 Å². The van der Waals surface area contributed by atoms with E-state index in [1.807, 2.05) is 6.92 Å². The smallest absolute Gasteiger partial charge is 0.485 e. The summed E-state index contributed by atoms with van der Waals surface area (Å²) in [5.74, 6) is -3.70. The van der Waals surface area contributed by atoms with Gasteiger partial charge in [0.15, 0.2) is 11.5 Å². The molecule has 0 radical (unpaired) electrons. The minimum absolute atomic E-state index is 0.00113. The molecule has 2 aliphatic heterocycles. The number of esters is 1. The number of para-hydroxylation sites is 1. The minimum atomic E-state index is -1.63. The van der Waals surface area contributed by atoms with Crippen molar-refractivity contribution in [2.45, 2.75) is 83.7 Å². The fourth-order valence-electron chi connectivity index (χ4n) is 8.98. The van der Waals surface area contributed by atoms with Crippen LogP contribution >= 0.6 is 11.6 Å². The normalized spacial score (nSPS) is 23.4. The van der Waals surface area contributed by atoms with Crippen LogP contribution in [0.3, 0.4) is 0 Å². The van der Waals surface area contributed by atoms with E-state index in [9.17, 15) is 28.8 Å². The third-order valence-electron chi connectivity index (χ3n) is 12.7. The fourth-order valence-corrected chi connectivity index (χ4v) is 9.32. The van der Waals surface area contributed by atoms with Gasteiger partial charge in [-0.3, -0.25) is 19.3 Å². The van der Waals surface area contributed by atoms with Crippen molar-refractivity contribution in [3.8, 4) is 17.2 Å². The highest BCUT2D eigenvalue weighted by molar-refractivity contribution is 6.48. The van der Waals surface area contributed by atoms with Crippen LogP contribution in [-0.2, 0) is 33.2 Å². The van der Waals surface area contributed by atoms with E-state index in [2.05, 4.69) is 24.5 Å². The summed E-state index contributed by atoms with van der Waals surface area (Å²) < 4.78 is 40.7. The number of halogens is 1. The number of methoxy groups -OCH3 is 3. The SMILES string of the molecule is COc1ccccc1C(=O)OC[C@H](NC(=O)C(NC(=O)N1CCN(CCN(C)C(=O)OC(C)(C)C)C(=O)C1=O)c1ccc(OC)c(OC)c1Cl)B1O[C@@H]2C[C@@H]3C[C@@H](C3(C)C)[C@]2(C)O1. The molecule has 20 heteroatoms. The Morgan fingerprint density at radius 2 is 1.65 bits per heavy atom. The topological polar surface area (TPSA) is 201 Å². The Morgan fingerprint density at radius 3 is 2.30 bits per heavy atom. The Bertz CT molecular complexity index is 2120. The van der Waals surface area contributed by atoms with E-state index in [1.165, 1.54) is 50.3 Å². The zero-order valence-electron chi connectivity index (χ0n) is 37.4. The van der Waals surface area contributed by atoms with Gasteiger partial charge in [0.1, 0.15) is 29.6 Å². The Balaban J connectivity index is 1.25. The minimum Gasteiger partial charge on any atom is -0.496 e. The van der Waals surface area contributed by atoms with Crippen LogP contribution < -0.4 is 24.8 Å². The van der Waals surface area contributed by atoms with Crippen molar-refractivity contribution in [2.24, 2.45) is 17.3 Å². The van der Waals surface area contributed by atoms with E-state index in [0.717, 1.165) is 12.8 Å². The van der Waals surface area contributed by atoms with Gasteiger partial charge in [0.05, 0.1) is 44.0 Å². The first-order valence-electron chi connectivity index (χ1n) is 20.8. The molecular weight excluding hydrogens is 841 g/mol. The highest BCUT2D eigenvalue weighted by Crippen LogP contribution is 2.65. The third kappa shape index (κ3) is 9.50. The van der Waals surface area contributed by atoms with Gasteiger partial charge >= 0.3 is 37.0 Å². The number of urea groups is 1. The maximum atomic E-state index is 14.8. The molecule has 3 saturated carbocycles. The van der Waals surface area contributed by atoms with Gasteiger partial charge in [-0.25, -0.2) is 14.4 Å². The fraction of sp³-hybridized carbons (Fsp3) is 0.581. The Labute approximate surface area is 372 Å². The van der Waals surface area contributed by atoms with Crippen molar-refractivity contribution in [1.29, 1.82) is 0 Å². The molecule has 6 amide bonds. The number of ether oxygens (including phenoxy) is 5. The number of hydrogen-bond acceptors (Lipinski definition) is 13. The zero-order chi connectivity index (χ0) is 46.2. The molecule has 7 rings (SSSR count). The van der Waals surface area contributed by atoms with Gasteiger partial charge in [-0.2, -0.15) is 0 Å². The summed E-state index contributed by atoms with van der Waals surface area (Å²) in [5, 5.41) is 5.39. The molecule has 63 heavy (non-hydrogen) atoms. The van der Waals surface area contributed by atoms with Crippen LogP contribution in [-0.4, -0.2) is 142 Å². The number of likely N-dealkylation sites (N-methyl/N-ethyl adjacent to an activating group) is 1. The Morgan fingerprint density at radius 1 is 0.952 bits per heavy atom. The number of amides is 6. The van der Waals surface area contributed by atoms with Gasteiger partial charge in [-0.05, 0) is 76.0 Å². The van der Waals surface area contributed by atoms with Crippen molar-refractivity contribution in [1.82, 2.24) is 25.3 Å². The molecule has 18 nitrogen and oxygen atoms in total. The molecule has 3 aliphatic carbocycles. The van der Waals surface area contributed by atoms with Gasteiger partial charge in [0.25, 0.3) is 0 Å². The first-order valence-corrected chi connectivity index (χ1v) is 21.2. The van der Waals surface area contributed by atoms with Crippen LogP contribution in [0.1, 0.15) is 76.3 Å². The summed E-state index contributed by atoms with van der Waals surface area (Å²) in [7, 11) is 4.59. The standard InChI is InChI=1S/C43H57BClN5O13/c1-41(2,3)61-40(56)48(7)17-18-49-19-20-50(37(53)36(49)52)39(55)47-33(26-15-16-28(58-9)34(59-10)32(26)45)35(51)46-31(23-60-38(54)25-13-11-12-14-27(25)57-8)44-62-30-22-24-21-29(42(24,4)5)43(30,6)63-44/h11-16,24,29-31,33H,17-23H2,1-10H3,(H,46,51)(H,47,55)/t24-,29-,30+,31-,33?,43-/m0/s1. The summed E-state index contributed by atoms with van der Waals surface area (Å²) in [6, 6.07) is 6.75. The highest BCUT2D eigenvalue weighted by Gasteiger charge is 2.68. The third-order valence-corrected chi connectivity index (χ3v) is 13.1.